The summed E-state index contributed by atoms with van der Waals surface area (Å²) in [6.07, 6.45) is -18.9. The second-order valence-corrected chi connectivity index (χ2v) is 2.37. The lowest BCUT2D eigenvalue weighted by atomic mass is 10.2. The van der Waals surface area contributed by atoms with Gasteiger partial charge in [-0.2, -0.15) is 13.2 Å². The predicted octanol–water partition coefficient (Wildman–Crippen LogP) is 3.41. The van der Waals surface area contributed by atoms with Gasteiger partial charge in [-0.15, -0.1) is 13.2 Å². The van der Waals surface area contributed by atoms with Crippen LogP contribution in [-0.4, -0.2) is 24.8 Å². The first kappa shape index (κ1) is 14.3. The lowest BCUT2D eigenvalue weighted by Gasteiger charge is -2.28. The van der Waals surface area contributed by atoms with Crippen LogP contribution in [0.15, 0.2) is 0 Å². The zero-order valence-corrected chi connectivity index (χ0v) is 6.59. The fraction of sp³-hybridized carbons (Fsp3) is 1.00. The van der Waals surface area contributed by atoms with E-state index in [2.05, 4.69) is 0 Å². The normalized spacial score (nSPS) is 18.0. The average Bonchev–Trinajstić information content (AvgIpc) is 1.75. The molecule has 10 heteroatoms. The second-order valence-electron chi connectivity index (χ2n) is 2.37. The Hall–Kier alpha value is -0.670. The van der Waals surface area contributed by atoms with Gasteiger partial charge >= 0.3 is 18.4 Å². The van der Waals surface area contributed by atoms with Gasteiger partial charge in [-0.25, -0.2) is 17.9 Å². The molecule has 92 valence electrons. The molecular weight excluding hydrogens is 247 g/mol. The molecule has 0 aromatic carbocycles. The number of rotatable bonds is 3. The van der Waals surface area contributed by atoms with Gasteiger partial charge in [-0.3, -0.25) is 0 Å². The Morgan fingerprint density at radius 3 is 1.47 bits per heavy atom. The fourth-order valence-corrected chi connectivity index (χ4v) is 0.597. The molecule has 0 spiro atoms. The smallest absolute Gasteiger partial charge is 0.245 e. The molecule has 0 aromatic heterocycles. The van der Waals surface area contributed by atoms with Crippen molar-refractivity contribution < 1.29 is 44.3 Å². The lowest BCUT2D eigenvalue weighted by molar-refractivity contribution is -0.452. The first-order valence-corrected chi connectivity index (χ1v) is 3.18. The minimum atomic E-state index is -6.20. The molecule has 0 saturated heterocycles. The van der Waals surface area contributed by atoms with E-state index in [0.717, 1.165) is 0 Å². The maximum absolute atomic E-state index is 12.5. The summed E-state index contributed by atoms with van der Waals surface area (Å²) in [5.74, 6) is -5.43. The highest BCUT2D eigenvalue weighted by molar-refractivity contribution is 4.79. The Kier molecular flexibility index (Phi) is 3.88. The maximum Gasteiger partial charge on any atom is 0.525 e. The third-order valence-electron chi connectivity index (χ3n) is 1.12. The summed E-state index contributed by atoms with van der Waals surface area (Å²) in [6, 6.07) is 0. The monoisotopic (exact) mass is 250 g/mol. The summed E-state index contributed by atoms with van der Waals surface area (Å²) < 4.78 is 106. The third kappa shape index (κ3) is 4.58. The first-order chi connectivity index (χ1) is 6.37. The molecule has 0 radical (unpaired) electrons. The van der Waals surface area contributed by atoms with E-state index in [9.17, 15) is 39.5 Å². The van der Waals surface area contributed by atoms with Crippen LogP contribution in [0, 0.1) is 0 Å². The molecule has 1 atom stereocenters. The number of alkyl halides is 9. The predicted molar refractivity (Wildman–Crippen MR) is 27.7 cm³/mol. The molecule has 1 nitrogen and oxygen atoms in total. The molecule has 0 N–H and O–H groups in total. The van der Waals surface area contributed by atoms with Crippen molar-refractivity contribution in [3.8, 4) is 0 Å². The SMILES string of the molecule is FC(F)CC(F)(OC(F)(F)F)C(F)(F)F. The number of hydrogen-bond donors (Lipinski definition) is 0. The van der Waals surface area contributed by atoms with Crippen LogP contribution in [0.25, 0.3) is 0 Å². The highest BCUT2D eigenvalue weighted by atomic mass is 19.4. The van der Waals surface area contributed by atoms with Crippen molar-refractivity contribution in [2.24, 2.45) is 0 Å². The van der Waals surface area contributed by atoms with E-state index in [0.29, 0.717) is 0 Å². The molecule has 0 amide bonds. The Morgan fingerprint density at radius 2 is 1.27 bits per heavy atom. The largest absolute Gasteiger partial charge is 0.525 e. The Morgan fingerprint density at radius 1 is 0.867 bits per heavy atom. The van der Waals surface area contributed by atoms with Crippen LogP contribution in [0.3, 0.4) is 0 Å². The molecule has 0 aromatic rings. The van der Waals surface area contributed by atoms with Crippen LogP contribution in [0.2, 0.25) is 0 Å². The Labute approximate surface area is 76.8 Å². The molecule has 0 rings (SSSR count). The van der Waals surface area contributed by atoms with Crippen molar-refractivity contribution in [3.63, 3.8) is 0 Å². The quantitative estimate of drug-likeness (QED) is 0.697. The van der Waals surface area contributed by atoms with E-state index in [1.54, 1.807) is 0 Å². The van der Waals surface area contributed by atoms with Gasteiger partial charge in [-0.05, 0) is 0 Å². The van der Waals surface area contributed by atoms with Crippen LogP contribution in [-0.2, 0) is 4.74 Å². The lowest BCUT2D eigenvalue weighted by Crippen LogP contribution is -2.48. The van der Waals surface area contributed by atoms with Crippen LogP contribution in [0.4, 0.5) is 39.5 Å². The van der Waals surface area contributed by atoms with E-state index in [1.165, 1.54) is 0 Å². The van der Waals surface area contributed by atoms with Gasteiger partial charge in [-0.1, -0.05) is 0 Å². The Bertz CT molecular complexity index is 206. The zero-order valence-electron chi connectivity index (χ0n) is 6.59. The number of halogens is 9. The van der Waals surface area contributed by atoms with E-state index in [-0.39, 0.29) is 0 Å². The zero-order chi connectivity index (χ0) is 12.5. The third-order valence-corrected chi connectivity index (χ3v) is 1.12. The summed E-state index contributed by atoms with van der Waals surface area (Å²) in [5, 5.41) is 0. The summed E-state index contributed by atoms with van der Waals surface area (Å²) in [6.45, 7) is 0. The average molecular weight is 250 g/mol. The van der Waals surface area contributed by atoms with Gasteiger partial charge in [0.1, 0.15) is 0 Å². The van der Waals surface area contributed by atoms with Gasteiger partial charge < -0.3 is 0 Å². The summed E-state index contributed by atoms with van der Waals surface area (Å²) in [7, 11) is 0. The van der Waals surface area contributed by atoms with Crippen LogP contribution in [0.5, 0.6) is 0 Å². The van der Waals surface area contributed by atoms with E-state index < -0.39 is 31.2 Å². The summed E-state index contributed by atoms with van der Waals surface area (Å²) in [5.41, 5.74) is 0. The molecule has 15 heavy (non-hydrogen) atoms. The van der Waals surface area contributed by atoms with Gasteiger partial charge in [0.05, 0.1) is 6.42 Å². The molecule has 0 aliphatic rings. The highest BCUT2D eigenvalue weighted by Crippen LogP contribution is 2.43. The summed E-state index contributed by atoms with van der Waals surface area (Å²) >= 11 is 0. The second kappa shape index (κ2) is 4.06. The number of ether oxygens (including phenoxy) is 1. The van der Waals surface area contributed by atoms with Crippen LogP contribution >= 0.6 is 0 Å². The minimum Gasteiger partial charge on any atom is -0.245 e. The van der Waals surface area contributed by atoms with Crippen LogP contribution < -0.4 is 0 Å². The summed E-state index contributed by atoms with van der Waals surface area (Å²) in [4.78, 5) is 0. The molecule has 1 unspecified atom stereocenters. The molecular formula is C5H3F9O. The van der Waals surface area contributed by atoms with Crippen molar-refractivity contribution in [2.75, 3.05) is 0 Å². The minimum absolute atomic E-state index is 2.03. The van der Waals surface area contributed by atoms with Crippen molar-refractivity contribution >= 4 is 0 Å². The van der Waals surface area contributed by atoms with Crippen molar-refractivity contribution in [2.45, 2.75) is 31.2 Å². The van der Waals surface area contributed by atoms with E-state index in [4.69, 9.17) is 0 Å². The molecule has 0 fully saturated rings. The van der Waals surface area contributed by atoms with E-state index in [1.807, 2.05) is 4.74 Å². The van der Waals surface area contributed by atoms with Crippen molar-refractivity contribution in [3.05, 3.63) is 0 Å². The molecule has 0 aliphatic carbocycles. The molecule has 0 aliphatic heterocycles. The number of hydrogen-bond acceptors (Lipinski definition) is 1. The maximum atomic E-state index is 12.5. The fourth-order valence-electron chi connectivity index (χ4n) is 0.597. The van der Waals surface area contributed by atoms with Gasteiger partial charge in [0.15, 0.2) is 0 Å². The highest BCUT2D eigenvalue weighted by Gasteiger charge is 2.63. The van der Waals surface area contributed by atoms with Crippen LogP contribution in [0.1, 0.15) is 6.42 Å². The molecule has 0 saturated carbocycles. The topological polar surface area (TPSA) is 9.23 Å². The van der Waals surface area contributed by atoms with Gasteiger partial charge in [0.2, 0.25) is 6.43 Å². The van der Waals surface area contributed by atoms with Gasteiger partial charge in [0.25, 0.3) is 0 Å². The Balaban J connectivity index is 4.88. The van der Waals surface area contributed by atoms with E-state index >= 15 is 0 Å². The van der Waals surface area contributed by atoms with Crippen molar-refractivity contribution in [1.82, 2.24) is 0 Å². The van der Waals surface area contributed by atoms with Gasteiger partial charge in [0, 0.05) is 0 Å². The molecule has 0 heterocycles. The molecule has 0 bridgehead atoms. The first-order valence-electron chi connectivity index (χ1n) is 3.18. The van der Waals surface area contributed by atoms with Crippen molar-refractivity contribution in [1.29, 1.82) is 0 Å². The standard InChI is InChI=1S/C5H3F9O/c6-2(7)1-3(8,4(9,10)11)15-5(12,13)14/h2H,1H2.